The molecule has 0 spiro atoms. The van der Waals surface area contributed by atoms with Crippen molar-refractivity contribution in [2.75, 3.05) is 19.8 Å². The minimum absolute atomic E-state index is 0.0438. The van der Waals surface area contributed by atoms with Crippen LogP contribution in [0.1, 0.15) is 29.6 Å². The molecule has 0 bridgehead atoms. The van der Waals surface area contributed by atoms with E-state index in [0.29, 0.717) is 12.5 Å². The van der Waals surface area contributed by atoms with Crippen LogP contribution in [0.3, 0.4) is 0 Å². The Balaban J connectivity index is 1.80. The van der Waals surface area contributed by atoms with Crippen LogP contribution in [0.25, 0.3) is 0 Å². The fourth-order valence-corrected chi connectivity index (χ4v) is 2.21. The number of nitrogens with one attached hydrogen (secondary N) is 1. The Bertz CT molecular complexity index is 444. The first-order valence-corrected chi connectivity index (χ1v) is 6.51. The molecule has 0 aliphatic carbocycles. The zero-order chi connectivity index (χ0) is 13.7. The second kappa shape index (κ2) is 6.52. The van der Waals surface area contributed by atoms with Gasteiger partial charge in [0.1, 0.15) is 11.6 Å². The van der Waals surface area contributed by atoms with E-state index in [9.17, 15) is 9.18 Å². The van der Waals surface area contributed by atoms with Gasteiger partial charge in [0.25, 0.3) is 5.91 Å². The van der Waals surface area contributed by atoms with E-state index in [1.807, 2.05) is 0 Å². The maximum atomic E-state index is 13.4. The highest BCUT2D eigenvalue weighted by Gasteiger charge is 2.15. The molecule has 1 aromatic rings. The average molecular weight is 267 g/mol. The Morgan fingerprint density at radius 3 is 3.05 bits per heavy atom. The van der Waals surface area contributed by atoms with Crippen LogP contribution < -0.4 is 5.32 Å². The summed E-state index contributed by atoms with van der Waals surface area (Å²) in [7, 11) is 0. The van der Waals surface area contributed by atoms with Crippen LogP contribution >= 0.6 is 0 Å². The van der Waals surface area contributed by atoms with Crippen molar-refractivity contribution in [1.29, 1.82) is 0 Å². The first-order valence-electron chi connectivity index (χ1n) is 6.51. The first kappa shape index (κ1) is 13.8. The van der Waals surface area contributed by atoms with Crippen LogP contribution in [0.4, 0.5) is 4.39 Å². The van der Waals surface area contributed by atoms with Gasteiger partial charge in [-0.1, -0.05) is 0 Å². The monoisotopic (exact) mass is 267 g/mol. The quantitative estimate of drug-likeness (QED) is 0.878. The predicted molar refractivity (Wildman–Crippen MR) is 68.6 cm³/mol. The predicted octanol–water partition coefficient (Wildman–Crippen LogP) is 2.08. The summed E-state index contributed by atoms with van der Waals surface area (Å²) in [6.45, 7) is 2.07. The fourth-order valence-electron chi connectivity index (χ4n) is 2.21. The van der Waals surface area contributed by atoms with Crippen molar-refractivity contribution in [1.82, 2.24) is 5.32 Å². The second-order valence-corrected chi connectivity index (χ2v) is 4.79. The van der Waals surface area contributed by atoms with Crippen molar-refractivity contribution in [3.05, 3.63) is 29.6 Å². The van der Waals surface area contributed by atoms with Gasteiger partial charge in [-0.3, -0.25) is 4.79 Å². The number of benzene rings is 1. The molecule has 1 fully saturated rings. The Kier molecular flexibility index (Phi) is 4.74. The van der Waals surface area contributed by atoms with Crippen LogP contribution in [0, 0.1) is 11.7 Å². The van der Waals surface area contributed by atoms with Crippen molar-refractivity contribution in [2.45, 2.75) is 19.3 Å². The van der Waals surface area contributed by atoms with Crippen LogP contribution in [0.15, 0.2) is 18.2 Å². The molecule has 1 amide bonds. The van der Waals surface area contributed by atoms with E-state index in [2.05, 4.69) is 5.32 Å². The number of phenolic OH excluding ortho intramolecular Hbond substituents is 1. The van der Waals surface area contributed by atoms with Gasteiger partial charge in [0.2, 0.25) is 0 Å². The average Bonchev–Trinajstić information content (AvgIpc) is 2.39. The van der Waals surface area contributed by atoms with E-state index in [-0.39, 0.29) is 11.3 Å². The number of ether oxygens (including phenoxy) is 1. The van der Waals surface area contributed by atoms with E-state index in [0.717, 1.165) is 38.5 Å². The van der Waals surface area contributed by atoms with Crippen molar-refractivity contribution in [3.63, 3.8) is 0 Å². The molecule has 1 heterocycles. The number of carbonyl (C=O) groups is 1. The SMILES string of the molecule is O=C(NCC[C@H]1CCCOC1)c1ccc(O)cc1F. The van der Waals surface area contributed by atoms with Crippen LogP contribution in [-0.4, -0.2) is 30.8 Å². The lowest BCUT2D eigenvalue weighted by molar-refractivity contribution is 0.0514. The lowest BCUT2D eigenvalue weighted by Crippen LogP contribution is -2.28. The summed E-state index contributed by atoms with van der Waals surface area (Å²) in [5.41, 5.74) is -0.0438. The van der Waals surface area contributed by atoms with Gasteiger partial charge in [0, 0.05) is 25.8 Å². The molecule has 2 N–H and O–H groups in total. The number of rotatable bonds is 4. The lowest BCUT2D eigenvalue weighted by atomic mass is 9.99. The maximum absolute atomic E-state index is 13.4. The molecule has 19 heavy (non-hydrogen) atoms. The summed E-state index contributed by atoms with van der Waals surface area (Å²) in [6.07, 6.45) is 3.01. The van der Waals surface area contributed by atoms with E-state index >= 15 is 0 Å². The molecule has 1 aromatic carbocycles. The molecule has 0 aromatic heterocycles. The summed E-state index contributed by atoms with van der Waals surface area (Å²) < 4.78 is 18.8. The first-order chi connectivity index (χ1) is 9.16. The third kappa shape index (κ3) is 3.92. The third-order valence-corrected chi connectivity index (χ3v) is 3.29. The molecular weight excluding hydrogens is 249 g/mol. The minimum Gasteiger partial charge on any atom is -0.508 e. The number of hydrogen-bond acceptors (Lipinski definition) is 3. The van der Waals surface area contributed by atoms with E-state index in [1.54, 1.807) is 0 Å². The lowest BCUT2D eigenvalue weighted by Gasteiger charge is -2.21. The smallest absolute Gasteiger partial charge is 0.254 e. The molecule has 1 aliphatic rings. The van der Waals surface area contributed by atoms with Crippen LogP contribution in [0.5, 0.6) is 5.75 Å². The topological polar surface area (TPSA) is 58.6 Å². The Morgan fingerprint density at radius 2 is 2.37 bits per heavy atom. The number of carbonyl (C=O) groups excluding carboxylic acids is 1. The number of aromatic hydroxyl groups is 1. The molecule has 2 rings (SSSR count). The zero-order valence-electron chi connectivity index (χ0n) is 10.7. The largest absolute Gasteiger partial charge is 0.508 e. The van der Waals surface area contributed by atoms with Gasteiger partial charge < -0.3 is 15.2 Å². The standard InChI is InChI=1S/C14H18FNO3/c15-13-8-11(17)3-4-12(13)14(18)16-6-5-10-2-1-7-19-9-10/h3-4,8,10,17H,1-2,5-7,9H2,(H,16,18)/t10-/m1/s1. The molecule has 5 heteroatoms. The van der Waals surface area contributed by atoms with E-state index in [4.69, 9.17) is 9.84 Å². The highest BCUT2D eigenvalue weighted by molar-refractivity contribution is 5.94. The van der Waals surface area contributed by atoms with Crippen LogP contribution in [0.2, 0.25) is 0 Å². The molecule has 0 unspecified atom stereocenters. The molecule has 104 valence electrons. The van der Waals surface area contributed by atoms with Gasteiger partial charge in [-0.15, -0.1) is 0 Å². The van der Waals surface area contributed by atoms with Crippen LogP contribution in [-0.2, 0) is 4.74 Å². The van der Waals surface area contributed by atoms with E-state index < -0.39 is 11.7 Å². The Hall–Kier alpha value is -1.62. The molecule has 0 radical (unpaired) electrons. The van der Waals surface area contributed by atoms with Gasteiger partial charge in [0.05, 0.1) is 5.56 Å². The molecular formula is C14H18FNO3. The number of phenols is 1. The normalized spacial score (nSPS) is 19.1. The van der Waals surface area contributed by atoms with Gasteiger partial charge in [-0.25, -0.2) is 4.39 Å². The van der Waals surface area contributed by atoms with Crippen molar-refractivity contribution >= 4 is 5.91 Å². The van der Waals surface area contributed by atoms with Gasteiger partial charge >= 0.3 is 0 Å². The zero-order valence-corrected chi connectivity index (χ0v) is 10.7. The number of amides is 1. The van der Waals surface area contributed by atoms with Gasteiger partial charge in [0.15, 0.2) is 0 Å². The number of halogens is 1. The third-order valence-electron chi connectivity index (χ3n) is 3.29. The summed E-state index contributed by atoms with van der Waals surface area (Å²) in [6, 6.07) is 3.51. The maximum Gasteiger partial charge on any atom is 0.254 e. The highest BCUT2D eigenvalue weighted by Crippen LogP contribution is 2.17. The van der Waals surface area contributed by atoms with Crippen molar-refractivity contribution < 1.29 is 19.0 Å². The van der Waals surface area contributed by atoms with E-state index in [1.165, 1.54) is 12.1 Å². The molecule has 1 atom stereocenters. The second-order valence-electron chi connectivity index (χ2n) is 4.79. The highest BCUT2D eigenvalue weighted by atomic mass is 19.1. The molecule has 1 aliphatic heterocycles. The minimum atomic E-state index is -0.710. The van der Waals surface area contributed by atoms with Crippen molar-refractivity contribution in [3.8, 4) is 5.75 Å². The Morgan fingerprint density at radius 1 is 1.53 bits per heavy atom. The summed E-state index contributed by atoms with van der Waals surface area (Å²) in [5.74, 6) is -0.875. The summed E-state index contributed by atoms with van der Waals surface area (Å²) in [5, 5.41) is 11.8. The molecule has 4 nitrogen and oxygen atoms in total. The molecule has 1 saturated heterocycles. The van der Waals surface area contributed by atoms with Gasteiger partial charge in [-0.2, -0.15) is 0 Å². The number of hydrogen-bond donors (Lipinski definition) is 2. The summed E-state index contributed by atoms with van der Waals surface area (Å²) >= 11 is 0. The fraction of sp³-hybridized carbons (Fsp3) is 0.500. The Labute approximate surface area is 111 Å². The van der Waals surface area contributed by atoms with Gasteiger partial charge in [-0.05, 0) is 37.3 Å². The molecule has 0 saturated carbocycles. The van der Waals surface area contributed by atoms with Crippen molar-refractivity contribution in [2.24, 2.45) is 5.92 Å². The summed E-state index contributed by atoms with van der Waals surface area (Å²) in [4.78, 5) is 11.8.